The Morgan fingerprint density at radius 1 is 1.19 bits per heavy atom. The molecule has 0 N–H and O–H groups in total. The Labute approximate surface area is 103 Å². The fraction of sp³-hybridized carbons (Fsp3) is 1.00. The number of nitrogens with zero attached hydrogens (tertiary/aromatic N) is 1. The minimum absolute atomic E-state index is 0.337. The van der Waals surface area contributed by atoms with Crippen molar-refractivity contribution in [1.82, 2.24) is 0 Å². The lowest BCUT2D eigenvalue weighted by atomic mass is 10.2. The van der Waals surface area contributed by atoms with Gasteiger partial charge in [0.2, 0.25) is 0 Å². The minimum atomic E-state index is -1.53. The van der Waals surface area contributed by atoms with E-state index in [1.54, 1.807) is 0 Å². The average Bonchev–Trinajstić information content (AvgIpc) is 2.82. The molecule has 1 aliphatic carbocycles. The van der Waals surface area contributed by atoms with Gasteiger partial charge in [0.1, 0.15) is 6.54 Å². The van der Waals surface area contributed by atoms with Gasteiger partial charge in [0.25, 0.3) is 0 Å². The first kappa shape index (κ1) is 14.2. The highest BCUT2D eigenvalue weighted by molar-refractivity contribution is 6.74. The van der Waals surface area contributed by atoms with Gasteiger partial charge in [-0.1, -0.05) is 20.8 Å². The second-order valence-electron chi connectivity index (χ2n) is 7.34. The quantitative estimate of drug-likeness (QED) is 0.533. The van der Waals surface area contributed by atoms with Crippen LogP contribution < -0.4 is 0 Å². The molecule has 1 rings (SSSR count). The molecular weight excluding hydrogens is 214 g/mol. The normalized spacial score (nSPS) is 18.9. The summed E-state index contributed by atoms with van der Waals surface area (Å²) >= 11 is 0. The Balaban J connectivity index is 2.35. The van der Waals surface area contributed by atoms with Crippen molar-refractivity contribution >= 4 is 8.32 Å². The molecule has 1 aliphatic rings. The topological polar surface area (TPSA) is 9.23 Å². The molecule has 3 heteroatoms. The lowest BCUT2D eigenvalue weighted by Gasteiger charge is -2.38. The van der Waals surface area contributed by atoms with Crippen LogP contribution in [-0.4, -0.2) is 46.1 Å². The van der Waals surface area contributed by atoms with E-state index in [9.17, 15) is 0 Å². The van der Waals surface area contributed by atoms with Crippen LogP contribution in [0.1, 0.15) is 33.6 Å². The standard InChI is InChI=1S/C13H30NOSi/c1-13(2,3)16(6,7)15-11-10-14(4,5)12-8-9-12/h12H,8-11H2,1-7H3/q+1. The predicted molar refractivity (Wildman–Crippen MR) is 73.1 cm³/mol. The molecule has 0 atom stereocenters. The van der Waals surface area contributed by atoms with Crippen molar-refractivity contribution in [1.29, 1.82) is 0 Å². The highest BCUT2D eigenvalue weighted by Crippen LogP contribution is 2.37. The van der Waals surface area contributed by atoms with Crippen molar-refractivity contribution < 1.29 is 8.91 Å². The maximum Gasteiger partial charge on any atom is 0.192 e. The van der Waals surface area contributed by atoms with Crippen LogP contribution in [0, 0.1) is 0 Å². The highest BCUT2D eigenvalue weighted by Gasteiger charge is 2.40. The summed E-state index contributed by atoms with van der Waals surface area (Å²) < 4.78 is 7.38. The van der Waals surface area contributed by atoms with Gasteiger partial charge in [0.15, 0.2) is 8.32 Å². The molecular formula is C13H30NOSi+. The Kier molecular flexibility index (Phi) is 3.93. The SMILES string of the molecule is CC(C)(C)[Si](C)(C)OCC[N+](C)(C)C1CC1. The van der Waals surface area contributed by atoms with Gasteiger partial charge in [-0.15, -0.1) is 0 Å². The summed E-state index contributed by atoms with van der Waals surface area (Å²) in [5.74, 6) is 0. The smallest absolute Gasteiger partial charge is 0.192 e. The van der Waals surface area contributed by atoms with Gasteiger partial charge in [-0.05, 0) is 18.1 Å². The highest BCUT2D eigenvalue weighted by atomic mass is 28.4. The van der Waals surface area contributed by atoms with Gasteiger partial charge >= 0.3 is 0 Å². The van der Waals surface area contributed by atoms with Gasteiger partial charge in [-0.25, -0.2) is 0 Å². The van der Waals surface area contributed by atoms with E-state index in [1.165, 1.54) is 12.8 Å². The van der Waals surface area contributed by atoms with Crippen LogP contribution in [0.3, 0.4) is 0 Å². The fourth-order valence-electron chi connectivity index (χ4n) is 1.71. The molecule has 0 spiro atoms. The summed E-state index contributed by atoms with van der Waals surface area (Å²) in [7, 11) is 3.15. The van der Waals surface area contributed by atoms with Crippen LogP contribution in [0.5, 0.6) is 0 Å². The summed E-state index contributed by atoms with van der Waals surface area (Å²) in [4.78, 5) is 0. The molecule has 16 heavy (non-hydrogen) atoms. The first-order chi connectivity index (χ1) is 7.06. The maximum absolute atomic E-state index is 6.23. The van der Waals surface area contributed by atoms with Gasteiger partial charge in [0, 0.05) is 12.8 Å². The zero-order valence-electron chi connectivity index (χ0n) is 12.3. The Morgan fingerprint density at radius 2 is 1.69 bits per heavy atom. The third-order valence-electron chi connectivity index (χ3n) is 4.47. The average molecular weight is 244 g/mol. The van der Waals surface area contributed by atoms with Crippen molar-refractivity contribution in [2.45, 2.75) is 57.8 Å². The largest absolute Gasteiger partial charge is 0.411 e. The van der Waals surface area contributed by atoms with Gasteiger partial charge in [-0.2, -0.15) is 0 Å². The molecule has 2 nitrogen and oxygen atoms in total. The molecule has 0 saturated heterocycles. The Morgan fingerprint density at radius 3 is 2.06 bits per heavy atom. The van der Waals surface area contributed by atoms with Crippen molar-refractivity contribution in [3.8, 4) is 0 Å². The van der Waals surface area contributed by atoms with Crippen molar-refractivity contribution in [3.63, 3.8) is 0 Å². The number of hydrogen-bond donors (Lipinski definition) is 0. The summed E-state index contributed by atoms with van der Waals surface area (Å²) in [6.45, 7) is 13.7. The van der Waals surface area contributed by atoms with Crippen molar-refractivity contribution in [2.75, 3.05) is 27.2 Å². The first-order valence-corrected chi connectivity index (χ1v) is 9.44. The first-order valence-electron chi connectivity index (χ1n) is 6.53. The molecule has 0 aromatic rings. The van der Waals surface area contributed by atoms with Crippen LogP contribution in [0.25, 0.3) is 0 Å². The van der Waals surface area contributed by atoms with E-state index in [0.29, 0.717) is 5.04 Å². The van der Waals surface area contributed by atoms with E-state index in [0.717, 1.165) is 23.7 Å². The molecule has 1 fully saturated rings. The zero-order valence-corrected chi connectivity index (χ0v) is 13.3. The van der Waals surface area contributed by atoms with Crippen LogP contribution in [-0.2, 0) is 4.43 Å². The molecule has 0 bridgehead atoms. The molecule has 0 unspecified atom stereocenters. The van der Waals surface area contributed by atoms with E-state index >= 15 is 0 Å². The van der Waals surface area contributed by atoms with Gasteiger partial charge in [-0.3, -0.25) is 0 Å². The number of hydrogen-bond acceptors (Lipinski definition) is 1. The van der Waals surface area contributed by atoms with Crippen LogP contribution >= 0.6 is 0 Å². The predicted octanol–water partition coefficient (Wildman–Crippen LogP) is 3.25. The van der Waals surface area contributed by atoms with E-state index in [2.05, 4.69) is 48.0 Å². The van der Waals surface area contributed by atoms with Crippen molar-refractivity contribution in [3.05, 3.63) is 0 Å². The van der Waals surface area contributed by atoms with Crippen molar-refractivity contribution in [2.24, 2.45) is 0 Å². The monoisotopic (exact) mass is 244 g/mol. The third-order valence-corrected chi connectivity index (χ3v) is 9.01. The van der Waals surface area contributed by atoms with E-state index < -0.39 is 8.32 Å². The maximum atomic E-state index is 6.23. The number of rotatable bonds is 5. The third kappa shape index (κ3) is 3.57. The van der Waals surface area contributed by atoms with Gasteiger partial charge < -0.3 is 8.91 Å². The van der Waals surface area contributed by atoms with Gasteiger partial charge in [0.05, 0.1) is 26.7 Å². The van der Waals surface area contributed by atoms with E-state index in [1.807, 2.05) is 0 Å². The number of quaternary nitrogens is 1. The molecule has 0 heterocycles. The number of likely N-dealkylation sites (N-methyl/N-ethyl adjacent to an activating group) is 1. The minimum Gasteiger partial charge on any atom is -0.411 e. The molecule has 0 aliphatic heterocycles. The summed E-state index contributed by atoms with van der Waals surface area (Å²) in [5.41, 5.74) is 0. The lowest BCUT2D eigenvalue weighted by molar-refractivity contribution is -0.901. The molecule has 0 radical (unpaired) electrons. The van der Waals surface area contributed by atoms with Crippen LogP contribution in [0.4, 0.5) is 0 Å². The van der Waals surface area contributed by atoms with Crippen LogP contribution in [0.2, 0.25) is 18.1 Å². The van der Waals surface area contributed by atoms with E-state index in [-0.39, 0.29) is 0 Å². The van der Waals surface area contributed by atoms with Crippen LogP contribution in [0.15, 0.2) is 0 Å². The fourth-order valence-corrected chi connectivity index (χ4v) is 2.74. The Hall–Kier alpha value is 0.137. The summed E-state index contributed by atoms with van der Waals surface area (Å²) in [5, 5.41) is 0.337. The summed E-state index contributed by atoms with van der Waals surface area (Å²) in [6, 6.07) is 0.906. The second kappa shape index (κ2) is 4.43. The molecule has 0 amide bonds. The molecule has 0 aromatic heterocycles. The molecule has 1 saturated carbocycles. The second-order valence-corrected chi connectivity index (χ2v) is 12.2. The summed E-state index contributed by atoms with van der Waals surface area (Å²) in [6.07, 6.45) is 2.82. The molecule has 0 aromatic carbocycles. The Bertz CT molecular complexity index is 239. The molecule has 96 valence electrons. The zero-order chi connectivity index (χ0) is 12.6. The van der Waals surface area contributed by atoms with E-state index in [4.69, 9.17) is 4.43 Å². The lowest BCUT2D eigenvalue weighted by Crippen LogP contribution is -2.47.